The molecule has 2 fully saturated rings. The number of nitrogens with zero attached hydrogens (tertiary/aromatic N) is 2. The molecule has 6 atom stereocenters. The first kappa shape index (κ1) is 32.9. The number of carbonyl (C=O) groups excluding carboxylic acids is 2. The molecule has 0 aliphatic carbocycles. The Hall–Kier alpha value is -1.26. The first-order chi connectivity index (χ1) is 18.1. The van der Waals surface area contributed by atoms with Gasteiger partial charge in [-0.3, -0.25) is 14.5 Å². The zero-order chi connectivity index (χ0) is 28.5. The lowest BCUT2D eigenvalue weighted by molar-refractivity contribution is -0.148. The van der Waals surface area contributed by atoms with Gasteiger partial charge in [0.15, 0.2) is 0 Å². The predicted molar refractivity (Wildman–Crippen MR) is 158 cm³/mol. The highest BCUT2D eigenvalue weighted by atomic mass is 32.2. The maximum absolute atomic E-state index is 13.0. The Bertz CT molecular complexity index is 933. The summed E-state index contributed by atoms with van der Waals surface area (Å²) in [5.74, 6) is -0.232. The van der Waals surface area contributed by atoms with Crippen LogP contribution in [0.2, 0.25) is 0 Å². The number of ether oxygens (including phenoxy) is 1. The van der Waals surface area contributed by atoms with E-state index in [2.05, 4.69) is 9.88 Å². The van der Waals surface area contributed by atoms with Gasteiger partial charge in [-0.1, -0.05) is 52.8 Å². The molecule has 5 unspecified atom stereocenters. The Balaban J connectivity index is 0.00000247. The first-order valence-electron chi connectivity index (χ1n) is 14.1. The van der Waals surface area contributed by atoms with E-state index < -0.39 is 11.5 Å². The van der Waals surface area contributed by atoms with E-state index in [0.29, 0.717) is 25.0 Å². The summed E-state index contributed by atoms with van der Waals surface area (Å²) >= 11 is 3.23. The van der Waals surface area contributed by atoms with Crippen molar-refractivity contribution in [2.75, 3.05) is 19.3 Å². The fourth-order valence-corrected chi connectivity index (χ4v) is 6.33. The number of thioether (sulfide) groups is 1. The number of cyclic esters (lactones) is 1. The molecule has 0 aromatic carbocycles. The van der Waals surface area contributed by atoms with Gasteiger partial charge in [-0.15, -0.1) is 11.3 Å². The molecule has 1 aromatic rings. The molecule has 3 rings (SSSR count). The minimum absolute atomic E-state index is 0.00104. The van der Waals surface area contributed by atoms with Crippen LogP contribution in [-0.4, -0.2) is 70.4 Å². The lowest BCUT2D eigenvalue weighted by atomic mass is 9.79. The topological polar surface area (TPSA) is 106 Å². The van der Waals surface area contributed by atoms with Crippen molar-refractivity contribution in [3.05, 3.63) is 16.6 Å². The van der Waals surface area contributed by atoms with Gasteiger partial charge in [0.1, 0.15) is 16.2 Å². The van der Waals surface area contributed by atoms with Crippen LogP contribution in [0.3, 0.4) is 0 Å². The molecule has 0 bridgehead atoms. The third kappa shape index (κ3) is 9.44. The van der Waals surface area contributed by atoms with Crippen LogP contribution in [0.25, 0.3) is 6.08 Å². The zero-order valence-corrected chi connectivity index (χ0v) is 26.0. The van der Waals surface area contributed by atoms with Crippen LogP contribution in [0.4, 0.5) is 0 Å². The number of fused-ring (bicyclic) bond motifs is 1. The highest BCUT2D eigenvalue weighted by Gasteiger charge is 2.47. The van der Waals surface area contributed by atoms with E-state index in [4.69, 9.17) is 10.5 Å². The molecule has 38 heavy (non-hydrogen) atoms. The van der Waals surface area contributed by atoms with Crippen molar-refractivity contribution >= 4 is 40.9 Å². The van der Waals surface area contributed by atoms with E-state index in [1.165, 1.54) is 0 Å². The fourth-order valence-electron chi connectivity index (χ4n) is 5.11. The average molecular weight is 568 g/mol. The number of aliphatic hydroxyl groups excluding tert-OH is 1. The average Bonchev–Trinajstić information content (AvgIpc) is 3.30. The highest BCUT2D eigenvalue weighted by Crippen LogP contribution is 2.38. The number of hydrogen-bond acceptors (Lipinski definition) is 9. The van der Waals surface area contributed by atoms with Gasteiger partial charge >= 0.3 is 5.97 Å². The van der Waals surface area contributed by atoms with Gasteiger partial charge in [-0.25, -0.2) is 4.98 Å². The minimum Gasteiger partial charge on any atom is -0.458 e. The van der Waals surface area contributed by atoms with Crippen molar-refractivity contribution in [3.8, 4) is 0 Å². The molecule has 3 N–H and O–H groups in total. The standard InChI is InChI=1S/C27H43N3O4S2.C2H6/c1-17-7-6-8-20-21(30(20)12-11-28)14-23(18(2)13-19-16-36-26(29-19)35-5)34-25(33)9-10-27(3,4)24(32)15-22(17)31;1-2/h13,16-17,20-23,31H,6-12,14-15,28H2,1-5H3;1-2H3/b18-13+;/t17-,20?,21?,22?,23?,30?;/m0./s1. The van der Waals surface area contributed by atoms with E-state index in [1.807, 2.05) is 59.3 Å². The molecule has 3 heterocycles. The molecule has 7 nitrogen and oxygen atoms in total. The second-order valence-electron chi connectivity index (χ2n) is 11.0. The Morgan fingerprint density at radius 3 is 2.66 bits per heavy atom. The molecule has 1 aromatic heterocycles. The van der Waals surface area contributed by atoms with Gasteiger partial charge in [0, 0.05) is 55.2 Å². The molecule has 0 saturated carbocycles. The van der Waals surface area contributed by atoms with Gasteiger partial charge in [0.25, 0.3) is 0 Å². The second-order valence-corrected chi connectivity index (χ2v) is 12.9. The van der Waals surface area contributed by atoms with E-state index in [-0.39, 0.29) is 36.6 Å². The zero-order valence-electron chi connectivity index (χ0n) is 24.4. The quantitative estimate of drug-likeness (QED) is 0.271. The Morgan fingerprint density at radius 1 is 1.32 bits per heavy atom. The van der Waals surface area contributed by atoms with Crippen molar-refractivity contribution in [2.24, 2.45) is 17.1 Å². The van der Waals surface area contributed by atoms with Crippen molar-refractivity contribution in [1.29, 1.82) is 0 Å². The van der Waals surface area contributed by atoms with Crippen LogP contribution in [0.1, 0.15) is 92.2 Å². The summed E-state index contributed by atoms with van der Waals surface area (Å²) in [5.41, 5.74) is 7.07. The summed E-state index contributed by atoms with van der Waals surface area (Å²) in [6.07, 6.45) is 7.32. The van der Waals surface area contributed by atoms with Crippen molar-refractivity contribution in [3.63, 3.8) is 0 Å². The number of rotatable bonds is 5. The van der Waals surface area contributed by atoms with Crippen LogP contribution in [0, 0.1) is 11.3 Å². The summed E-state index contributed by atoms with van der Waals surface area (Å²) < 4.78 is 7.06. The van der Waals surface area contributed by atoms with Gasteiger partial charge < -0.3 is 15.6 Å². The van der Waals surface area contributed by atoms with Crippen LogP contribution in [-0.2, 0) is 14.3 Å². The number of nitrogens with two attached hydrogens (primary N) is 1. The van der Waals surface area contributed by atoms with E-state index >= 15 is 0 Å². The Kier molecular flexibility index (Phi) is 13.4. The molecule has 0 radical (unpaired) electrons. The van der Waals surface area contributed by atoms with Gasteiger partial charge in [0.2, 0.25) is 0 Å². The molecule has 216 valence electrons. The second kappa shape index (κ2) is 15.5. The number of aromatic nitrogens is 1. The number of aliphatic hydroxyl groups is 1. The molecular weight excluding hydrogens is 518 g/mol. The number of hydrogen-bond donors (Lipinski definition) is 2. The van der Waals surface area contributed by atoms with Crippen LogP contribution in [0.15, 0.2) is 15.3 Å². The lowest BCUT2D eigenvalue weighted by Gasteiger charge is -2.27. The monoisotopic (exact) mass is 567 g/mol. The maximum atomic E-state index is 13.0. The summed E-state index contributed by atoms with van der Waals surface area (Å²) in [6.45, 7) is 13.2. The number of thiazole rings is 1. The van der Waals surface area contributed by atoms with E-state index in [1.54, 1.807) is 23.1 Å². The minimum atomic E-state index is -0.689. The molecule has 0 spiro atoms. The van der Waals surface area contributed by atoms with E-state index in [9.17, 15) is 14.7 Å². The molecule has 2 aliphatic heterocycles. The highest BCUT2D eigenvalue weighted by molar-refractivity contribution is 8.00. The van der Waals surface area contributed by atoms with Crippen LogP contribution >= 0.6 is 23.1 Å². The largest absolute Gasteiger partial charge is 0.458 e. The molecule has 0 amide bonds. The van der Waals surface area contributed by atoms with E-state index in [0.717, 1.165) is 47.8 Å². The SMILES string of the molecule is CC.CSc1nc(/C=C(\C)C2CC3C(CCC[C@H](C)C(O)CC(=O)C(C)(C)CCC(=O)O2)N3CCN)cs1. The van der Waals surface area contributed by atoms with Gasteiger partial charge in [0.05, 0.1) is 11.8 Å². The Labute approximate surface area is 238 Å². The summed E-state index contributed by atoms with van der Waals surface area (Å²) in [7, 11) is 0. The summed E-state index contributed by atoms with van der Waals surface area (Å²) in [5, 5.41) is 12.7. The van der Waals surface area contributed by atoms with Crippen LogP contribution < -0.4 is 5.73 Å². The van der Waals surface area contributed by atoms with Crippen LogP contribution in [0.5, 0.6) is 0 Å². The number of ketones is 1. The van der Waals surface area contributed by atoms with Gasteiger partial charge in [-0.2, -0.15) is 0 Å². The number of Topliss-reactive ketones (excluding diaryl/α,β-unsaturated/α-hetero) is 1. The molecule has 2 saturated heterocycles. The predicted octanol–water partition coefficient (Wildman–Crippen LogP) is 5.55. The number of carbonyl (C=O) groups is 2. The first-order valence-corrected chi connectivity index (χ1v) is 16.2. The lowest BCUT2D eigenvalue weighted by Crippen LogP contribution is -2.32. The normalized spacial score (nSPS) is 31.0. The fraction of sp³-hybridized carbons (Fsp3) is 0.759. The smallest absolute Gasteiger partial charge is 0.306 e. The summed E-state index contributed by atoms with van der Waals surface area (Å²) in [6, 6.07) is 0.723. The van der Waals surface area contributed by atoms with Gasteiger partial charge in [-0.05, 0) is 50.0 Å². The number of esters is 1. The van der Waals surface area contributed by atoms with Crippen molar-refractivity contribution in [2.45, 2.75) is 115 Å². The molecule has 9 heteroatoms. The maximum Gasteiger partial charge on any atom is 0.306 e. The third-order valence-corrected chi connectivity index (χ3v) is 9.68. The van der Waals surface area contributed by atoms with Crippen molar-refractivity contribution in [1.82, 2.24) is 9.88 Å². The third-order valence-electron chi connectivity index (χ3n) is 7.80. The molecule has 2 aliphatic rings. The molecular formula is C29H49N3O4S2. The Morgan fingerprint density at radius 2 is 2.03 bits per heavy atom. The van der Waals surface area contributed by atoms with Crippen molar-refractivity contribution < 1.29 is 19.4 Å². The summed E-state index contributed by atoms with van der Waals surface area (Å²) in [4.78, 5) is 32.9.